The van der Waals surface area contributed by atoms with E-state index in [9.17, 15) is 19.2 Å². The van der Waals surface area contributed by atoms with Crippen molar-refractivity contribution in [1.29, 1.82) is 0 Å². The monoisotopic (exact) mass is 608 g/mol. The fourth-order valence-electron chi connectivity index (χ4n) is 4.49. The van der Waals surface area contributed by atoms with Crippen LogP contribution in [0, 0.1) is 6.92 Å². The lowest BCUT2D eigenvalue weighted by Crippen LogP contribution is -2.52. The van der Waals surface area contributed by atoms with Crippen molar-refractivity contribution in [2.24, 2.45) is 0 Å². The van der Waals surface area contributed by atoms with E-state index in [4.69, 9.17) is 14.2 Å². The molecule has 2 atom stereocenters. The highest BCUT2D eigenvalue weighted by Gasteiger charge is 2.28. The predicted molar refractivity (Wildman–Crippen MR) is 168 cm³/mol. The first-order valence-electron chi connectivity index (χ1n) is 14.6. The summed E-state index contributed by atoms with van der Waals surface area (Å²) in [6, 6.07) is 32.6. The number of hydrogen-bond donors (Lipinski definition) is 2. The van der Waals surface area contributed by atoms with Crippen LogP contribution >= 0.6 is 0 Å². The van der Waals surface area contributed by atoms with Gasteiger partial charge in [-0.1, -0.05) is 109 Å². The smallest absolute Gasteiger partial charge is 0.408 e. The molecule has 0 saturated carbocycles. The molecule has 0 radical (unpaired) electrons. The molecule has 4 rings (SSSR count). The van der Waals surface area contributed by atoms with Crippen LogP contribution in [0.3, 0.4) is 0 Å². The topological polar surface area (TPSA) is 120 Å². The maximum atomic E-state index is 13.6. The Balaban J connectivity index is 1.45. The summed E-state index contributed by atoms with van der Waals surface area (Å²) in [5, 5.41) is 5.35. The molecule has 0 aliphatic carbocycles. The first-order chi connectivity index (χ1) is 21.9. The minimum Gasteiger partial charge on any atom is -0.461 e. The number of carbonyl (C=O) groups excluding carboxylic acids is 4. The second-order valence-electron chi connectivity index (χ2n) is 10.4. The van der Waals surface area contributed by atoms with Crippen LogP contribution < -0.4 is 10.6 Å². The molecule has 0 heterocycles. The van der Waals surface area contributed by atoms with Crippen molar-refractivity contribution in [1.82, 2.24) is 10.6 Å². The number of amides is 2. The zero-order valence-corrected chi connectivity index (χ0v) is 25.0. The highest BCUT2D eigenvalue weighted by atomic mass is 16.6. The summed E-state index contributed by atoms with van der Waals surface area (Å²) in [6.45, 7) is 1.66. The Labute approximate surface area is 262 Å². The number of nitrogens with one attached hydrogen (secondary N) is 2. The van der Waals surface area contributed by atoms with Gasteiger partial charge in [-0.25, -0.2) is 9.59 Å². The molecule has 4 aromatic rings. The van der Waals surface area contributed by atoms with E-state index in [-0.39, 0.29) is 19.8 Å². The highest BCUT2D eigenvalue weighted by Crippen LogP contribution is 2.11. The van der Waals surface area contributed by atoms with E-state index in [2.05, 4.69) is 10.6 Å². The molecule has 0 fully saturated rings. The summed E-state index contributed by atoms with van der Waals surface area (Å²) in [5.41, 5.74) is 3.61. The van der Waals surface area contributed by atoms with Crippen LogP contribution in [0.15, 0.2) is 115 Å². The summed E-state index contributed by atoms with van der Waals surface area (Å²) in [5.74, 6) is -1.87. The van der Waals surface area contributed by atoms with Gasteiger partial charge >= 0.3 is 18.0 Å². The average molecular weight is 609 g/mol. The molecule has 0 aromatic heterocycles. The van der Waals surface area contributed by atoms with Crippen molar-refractivity contribution in [2.45, 2.75) is 45.1 Å². The molecular weight excluding hydrogens is 572 g/mol. The fraction of sp³-hybridized carbons (Fsp3) is 0.222. The number of carbonyl (C=O) groups is 4. The molecule has 0 unspecified atom stereocenters. The van der Waals surface area contributed by atoms with Gasteiger partial charge in [-0.3, -0.25) is 9.59 Å². The molecule has 0 aliphatic rings. The Hall–Kier alpha value is -5.44. The van der Waals surface area contributed by atoms with Gasteiger partial charge in [0.15, 0.2) is 0 Å². The van der Waals surface area contributed by atoms with Gasteiger partial charge in [0.25, 0.3) is 0 Å². The van der Waals surface area contributed by atoms with Gasteiger partial charge < -0.3 is 24.8 Å². The predicted octanol–water partition coefficient (Wildman–Crippen LogP) is 5.31. The van der Waals surface area contributed by atoms with Crippen LogP contribution in [-0.2, 0) is 43.4 Å². The average Bonchev–Trinajstić information content (AvgIpc) is 3.06. The molecule has 9 heteroatoms. The molecule has 45 heavy (non-hydrogen) atoms. The molecule has 0 aliphatic heterocycles. The SMILES string of the molecule is Cc1ccccc1C(=O)OC[C@H](Cc1ccccc1)NC(=O)[C@H](CC(=O)OCc1ccccc1)NC(=O)OCc1ccccc1. The summed E-state index contributed by atoms with van der Waals surface area (Å²) in [6.07, 6.45) is -0.988. The Bertz CT molecular complexity index is 1490. The highest BCUT2D eigenvalue weighted by molar-refractivity contribution is 5.91. The minimum atomic E-state index is -1.32. The van der Waals surface area contributed by atoms with Crippen LogP contribution in [0.4, 0.5) is 4.79 Å². The van der Waals surface area contributed by atoms with Crippen molar-refractivity contribution in [3.63, 3.8) is 0 Å². The summed E-state index contributed by atoms with van der Waals surface area (Å²) < 4.78 is 16.3. The summed E-state index contributed by atoms with van der Waals surface area (Å²) in [7, 11) is 0. The van der Waals surface area contributed by atoms with Gasteiger partial charge in [-0.15, -0.1) is 0 Å². The number of ether oxygens (including phenoxy) is 3. The number of benzene rings is 4. The van der Waals surface area contributed by atoms with E-state index in [1.807, 2.05) is 97.9 Å². The number of hydrogen-bond acceptors (Lipinski definition) is 7. The number of aryl methyl sites for hydroxylation is 1. The van der Waals surface area contributed by atoms with Crippen LogP contribution in [0.1, 0.15) is 39.0 Å². The van der Waals surface area contributed by atoms with Crippen LogP contribution in [-0.4, -0.2) is 42.6 Å². The first-order valence-corrected chi connectivity index (χ1v) is 14.6. The van der Waals surface area contributed by atoms with Crippen molar-refractivity contribution in [3.8, 4) is 0 Å². The quantitative estimate of drug-likeness (QED) is 0.147. The minimum absolute atomic E-state index is 0.0119. The third kappa shape index (κ3) is 11.0. The normalized spacial score (nSPS) is 11.8. The van der Waals surface area contributed by atoms with E-state index in [0.29, 0.717) is 12.0 Å². The Morgan fingerprint density at radius 1 is 0.622 bits per heavy atom. The van der Waals surface area contributed by atoms with Crippen molar-refractivity contribution >= 4 is 23.9 Å². The van der Waals surface area contributed by atoms with Crippen LogP contribution in [0.2, 0.25) is 0 Å². The van der Waals surface area contributed by atoms with Crippen LogP contribution in [0.5, 0.6) is 0 Å². The standard InChI is InChI=1S/C36H36N2O7/c1-26-13-11-12-20-31(26)35(41)44-25-30(21-27-14-5-2-6-15-27)37-34(40)32(22-33(39)43-23-28-16-7-3-8-17-28)38-36(42)45-24-29-18-9-4-10-19-29/h2-20,30,32H,21-25H2,1H3,(H,37,40)(H,38,42)/t30-,32-/m0/s1. The molecular formula is C36H36N2O7. The number of rotatable bonds is 14. The number of alkyl carbamates (subject to hydrolysis) is 1. The largest absolute Gasteiger partial charge is 0.461 e. The third-order valence-electron chi connectivity index (χ3n) is 6.89. The molecule has 2 N–H and O–H groups in total. The molecule has 2 amide bonds. The van der Waals surface area contributed by atoms with Crippen molar-refractivity contribution in [2.75, 3.05) is 6.61 Å². The van der Waals surface area contributed by atoms with Crippen LogP contribution in [0.25, 0.3) is 0 Å². The maximum Gasteiger partial charge on any atom is 0.408 e. The van der Waals surface area contributed by atoms with E-state index < -0.39 is 42.4 Å². The first kappa shape index (κ1) is 32.5. The molecule has 9 nitrogen and oxygen atoms in total. The van der Waals surface area contributed by atoms with E-state index >= 15 is 0 Å². The van der Waals surface area contributed by atoms with Gasteiger partial charge in [-0.2, -0.15) is 0 Å². The van der Waals surface area contributed by atoms with Gasteiger partial charge in [0.1, 0.15) is 25.9 Å². The summed E-state index contributed by atoms with van der Waals surface area (Å²) >= 11 is 0. The molecule has 232 valence electrons. The second-order valence-corrected chi connectivity index (χ2v) is 10.4. The zero-order chi connectivity index (χ0) is 31.9. The van der Waals surface area contributed by atoms with E-state index in [1.165, 1.54) is 0 Å². The third-order valence-corrected chi connectivity index (χ3v) is 6.89. The van der Waals surface area contributed by atoms with E-state index in [1.54, 1.807) is 24.3 Å². The fourth-order valence-corrected chi connectivity index (χ4v) is 4.49. The number of esters is 2. The Kier molecular flexibility index (Phi) is 12.3. The lowest BCUT2D eigenvalue weighted by Gasteiger charge is -2.23. The lowest BCUT2D eigenvalue weighted by molar-refractivity contribution is -0.147. The van der Waals surface area contributed by atoms with Gasteiger partial charge in [0, 0.05) is 0 Å². The van der Waals surface area contributed by atoms with Crippen molar-refractivity contribution in [3.05, 3.63) is 143 Å². The zero-order valence-electron chi connectivity index (χ0n) is 25.0. The molecule has 0 bridgehead atoms. The second kappa shape index (κ2) is 17.0. The van der Waals surface area contributed by atoms with Crippen molar-refractivity contribution < 1.29 is 33.4 Å². The Morgan fingerprint density at radius 3 is 1.76 bits per heavy atom. The van der Waals surface area contributed by atoms with Gasteiger partial charge in [0.05, 0.1) is 18.0 Å². The van der Waals surface area contributed by atoms with Gasteiger partial charge in [-0.05, 0) is 41.7 Å². The van der Waals surface area contributed by atoms with Gasteiger partial charge in [0.2, 0.25) is 5.91 Å². The molecule has 4 aromatic carbocycles. The maximum absolute atomic E-state index is 13.6. The van der Waals surface area contributed by atoms with E-state index in [0.717, 1.165) is 22.3 Å². The Morgan fingerprint density at radius 2 is 1.16 bits per heavy atom. The summed E-state index contributed by atoms with van der Waals surface area (Å²) in [4.78, 5) is 52.0. The molecule has 0 saturated heterocycles. The molecule has 0 spiro atoms. The lowest BCUT2D eigenvalue weighted by atomic mass is 10.1.